The zero-order valence-corrected chi connectivity index (χ0v) is 22.5. The number of aryl methyl sites for hydroxylation is 1. The Morgan fingerprint density at radius 1 is 0.925 bits per heavy atom. The molecular weight excluding hydrogens is 551 g/mol. The molecule has 1 aliphatic heterocycles. The van der Waals surface area contributed by atoms with Crippen LogP contribution in [0.15, 0.2) is 83.4 Å². The van der Waals surface area contributed by atoms with Gasteiger partial charge in [-0.3, -0.25) is 9.59 Å². The largest absolute Gasteiger partial charge is 0.482 e. The van der Waals surface area contributed by atoms with Gasteiger partial charge in [0.25, 0.3) is 11.8 Å². The van der Waals surface area contributed by atoms with Gasteiger partial charge in [-0.1, -0.05) is 52.6 Å². The lowest BCUT2D eigenvalue weighted by atomic mass is 10.0. The predicted molar refractivity (Wildman–Crippen MR) is 154 cm³/mol. The molecule has 5 aromatic rings. The van der Waals surface area contributed by atoms with Gasteiger partial charge in [-0.15, -0.1) is 0 Å². The van der Waals surface area contributed by atoms with Crippen molar-refractivity contribution in [1.82, 2.24) is 10.1 Å². The molecule has 0 saturated carbocycles. The van der Waals surface area contributed by atoms with Gasteiger partial charge in [0.15, 0.2) is 6.61 Å². The van der Waals surface area contributed by atoms with Crippen LogP contribution in [-0.4, -0.2) is 28.6 Å². The van der Waals surface area contributed by atoms with Crippen molar-refractivity contribution in [2.45, 2.75) is 6.92 Å². The smallest absolute Gasteiger partial charge is 0.262 e. The first-order valence-corrected chi connectivity index (χ1v) is 13.0. The van der Waals surface area contributed by atoms with Crippen LogP contribution in [0.4, 0.5) is 11.4 Å². The van der Waals surface area contributed by atoms with Gasteiger partial charge >= 0.3 is 0 Å². The van der Waals surface area contributed by atoms with E-state index in [-0.39, 0.29) is 23.8 Å². The lowest BCUT2D eigenvalue weighted by molar-refractivity contribution is -0.118. The average molecular weight is 571 g/mol. The van der Waals surface area contributed by atoms with Crippen LogP contribution in [0.3, 0.4) is 0 Å². The van der Waals surface area contributed by atoms with Crippen molar-refractivity contribution in [3.05, 3.63) is 100 Å². The Balaban J connectivity index is 1.28. The van der Waals surface area contributed by atoms with E-state index in [1.165, 1.54) is 0 Å². The maximum Gasteiger partial charge on any atom is 0.262 e. The highest BCUT2D eigenvalue weighted by atomic mass is 35.5. The van der Waals surface area contributed by atoms with Crippen molar-refractivity contribution in [3.8, 4) is 39.5 Å². The van der Waals surface area contributed by atoms with Crippen LogP contribution in [0.2, 0.25) is 10.0 Å². The number of nitrogens with zero attached hydrogens (tertiary/aromatic N) is 2. The van der Waals surface area contributed by atoms with Gasteiger partial charge < -0.3 is 19.9 Å². The summed E-state index contributed by atoms with van der Waals surface area (Å²) in [6.07, 6.45) is 0. The summed E-state index contributed by atoms with van der Waals surface area (Å²) in [6, 6.07) is 23.6. The molecule has 40 heavy (non-hydrogen) atoms. The maximum atomic E-state index is 13.4. The first-order valence-electron chi connectivity index (χ1n) is 12.2. The number of carbonyl (C=O) groups is 2. The molecule has 0 atom stereocenters. The van der Waals surface area contributed by atoms with Gasteiger partial charge in [0.05, 0.1) is 27.1 Å². The number of rotatable bonds is 5. The number of carbonyl (C=O) groups excluding carboxylic acids is 2. The minimum Gasteiger partial charge on any atom is -0.482 e. The highest BCUT2D eigenvalue weighted by molar-refractivity contribution is 6.39. The molecule has 0 radical (unpaired) electrons. The molecule has 2 N–H and O–H groups in total. The molecule has 0 spiro atoms. The van der Waals surface area contributed by atoms with Crippen molar-refractivity contribution in [2.75, 3.05) is 17.2 Å². The van der Waals surface area contributed by atoms with Crippen LogP contribution in [0.5, 0.6) is 5.75 Å². The molecule has 1 aliphatic rings. The fraction of sp³-hybridized carbons (Fsp3) is 0.0667. The van der Waals surface area contributed by atoms with Crippen LogP contribution in [0, 0.1) is 6.92 Å². The van der Waals surface area contributed by atoms with Crippen LogP contribution in [-0.2, 0) is 4.79 Å². The van der Waals surface area contributed by atoms with Gasteiger partial charge in [0.2, 0.25) is 0 Å². The molecule has 0 bridgehead atoms. The van der Waals surface area contributed by atoms with Crippen molar-refractivity contribution in [1.29, 1.82) is 0 Å². The number of benzene rings is 3. The molecule has 3 heterocycles. The molecule has 3 aromatic carbocycles. The highest BCUT2D eigenvalue weighted by Crippen LogP contribution is 2.37. The van der Waals surface area contributed by atoms with Gasteiger partial charge in [0.1, 0.15) is 22.8 Å². The number of halogens is 2. The van der Waals surface area contributed by atoms with E-state index in [1.807, 2.05) is 54.6 Å². The van der Waals surface area contributed by atoms with E-state index in [0.717, 1.165) is 16.8 Å². The number of hydrogen-bond donors (Lipinski definition) is 2. The second kappa shape index (κ2) is 10.5. The van der Waals surface area contributed by atoms with Crippen molar-refractivity contribution in [2.24, 2.45) is 0 Å². The average Bonchev–Trinajstić information content (AvgIpc) is 3.33. The Kier molecular flexibility index (Phi) is 6.71. The molecule has 2 aromatic heterocycles. The first kappa shape index (κ1) is 25.6. The molecule has 198 valence electrons. The van der Waals surface area contributed by atoms with Gasteiger partial charge in [-0.25, -0.2) is 4.98 Å². The predicted octanol–water partition coefficient (Wildman–Crippen LogP) is 7.27. The third-order valence-electron chi connectivity index (χ3n) is 6.36. The van der Waals surface area contributed by atoms with Gasteiger partial charge in [-0.05, 0) is 61.5 Å². The van der Waals surface area contributed by atoms with E-state index in [0.29, 0.717) is 44.2 Å². The second-order valence-electron chi connectivity index (χ2n) is 9.05. The Morgan fingerprint density at radius 2 is 1.62 bits per heavy atom. The molecule has 0 aliphatic carbocycles. The van der Waals surface area contributed by atoms with Crippen LogP contribution >= 0.6 is 23.2 Å². The number of amides is 2. The maximum absolute atomic E-state index is 13.4. The number of aromatic nitrogens is 2. The lowest BCUT2D eigenvalue weighted by Gasteiger charge is -2.18. The molecule has 0 unspecified atom stereocenters. The third-order valence-corrected chi connectivity index (χ3v) is 6.99. The minimum atomic E-state index is -0.415. The third kappa shape index (κ3) is 4.90. The monoisotopic (exact) mass is 570 g/mol. The molecule has 0 fully saturated rings. The normalized spacial score (nSPS) is 12.3. The van der Waals surface area contributed by atoms with E-state index in [4.69, 9.17) is 37.4 Å². The van der Waals surface area contributed by atoms with E-state index in [1.54, 1.807) is 31.2 Å². The summed E-state index contributed by atoms with van der Waals surface area (Å²) in [5, 5.41) is 10.5. The molecule has 10 heteroatoms. The number of anilines is 2. The van der Waals surface area contributed by atoms with Crippen molar-refractivity contribution in [3.63, 3.8) is 0 Å². The molecule has 2 amide bonds. The summed E-state index contributed by atoms with van der Waals surface area (Å²) in [5.41, 5.74) is 5.14. The number of ether oxygens (including phenoxy) is 1. The molecular formula is C30H20Cl2N4O4. The topological polar surface area (TPSA) is 106 Å². The van der Waals surface area contributed by atoms with Crippen LogP contribution < -0.4 is 15.4 Å². The quantitative estimate of drug-likeness (QED) is 0.230. The Labute approximate surface area is 238 Å². The van der Waals surface area contributed by atoms with Crippen LogP contribution in [0.1, 0.15) is 16.1 Å². The number of fused-ring (bicyclic) bond motifs is 1. The van der Waals surface area contributed by atoms with Crippen LogP contribution in [0.25, 0.3) is 33.8 Å². The fourth-order valence-electron chi connectivity index (χ4n) is 4.48. The summed E-state index contributed by atoms with van der Waals surface area (Å²) in [6.45, 7) is 1.65. The number of hydrogen-bond acceptors (Lipinski definition) is 6. The molecule has 0 saturated heterocycles. The van der Waals surface area contributed by atoms with Crippen molar-refractivity contribution >= 4 is 46.4 Å². The van der Waals surface area contributed by atoms with E-state index < -0.39 is 5.91 Å². The summed E-state index contributed by atoms with van der Waals surface area (Å²) in [4.78, 5) is 29.9. The zero-order valence-electron chi connectivity index (χ0n) is 21.0. The number of pyridine rings is 1. The van der Waals surface area contributed by atoms with E-state index >= 15 is 0 Å². The number of nitrogens with one attached hydrogen (secondary N) is 2. The lowest BCUT2D eigenvalue weighted by Crippen LogP contribution is -2.25. The summed E-state index contributed by atoms with van der Waals surface area (Å²) < 4.78 is 10.8. The van der Waals surface area contributed by atoms with Gasteiger partial charge in [0, 0.05) is 22.4 Å². The van der Waals surface area contributed by atoms with E-state index in [2.05, 4.69) is 15.8 Å². The minimum absolute atomic E-state index is 0.00129. The SMILES string of the molecule is Cc1onc(-c2c(Cl)cccc2Cl)c1C(=O)Nc1cccc(-c2cccc(-c3ccc4c(c3)NC(=O)CO4)n2)c1. The summed E-state index contributed by atoms with van der Waals surface area (Å²) in [7, 11) is 0. The Morgan fingerprint density at radius 3 is 2.40 bits per heavy atom. The van der Waals surface area contributed by atoms with Crippen molar-refractivity contribution < 1.29 is 18.8 Å². The Hall–Kier alpha value is -4.66. The molecule has 8 nitrogen and oxygen atoms in total. The fourth-order valence-corrected chi connectivity index (χ4v) is 5.06. The Bertz CT molecular complexity index is 1780. The first-order chi connectivity index (χ1) is 19.4. The summed E-state index contributed by atoms with van der Waals surface area (Å²) >= 11 is 12.7. The van der Waals surface area contributed by atoms with Gasteiger partial charge in [-0.2, -0.15) is 0 Å². The standard InChI is InChI=1S/C30H20Cl2N4O4/c1-16-27(29(36-40-16)28-20(31)7-3-8-21(28)32)30(38)33-19-6-2-5-17(13-19)22-9-4-10-23(34-22)18-11-12-25-24(14-18)35-26(37)15-39-25/h2-14H,15H2,1H3,(H,33,38)(H,35,37). The second-order valence-corrected chi connectivity index (χ2v) is 9.86. The summed E-state index contributed by atoms with van der Waals surface area (Å²) in [5.74, 6) is 0.335. The highest BCUT2D eigenvalue weighted by Gasteiger charge is 2.25. The zero-order chi connectivity index (χ0) is 27.8. The molecule has 6 rings (SSSR count). The van der Waals surface area contributed by atoms with E-state index in [9.17, 15) is 9.59 Å².